The Morgan fingerprint density at radius 3 is 2.67 bits per heavy atom. The molecule has 130 valence electrons. The van der Waals surface area contributed by atoms with E-state index in [4.69, 9.17) is 0 Å². The van der Waals surface area contributed by atoms with Crippen molar-refractivity contribution in [2.45, 2.75) is 12.8 Å². The molecule has 0 amide bonds. The summed E-state index contributed by atoms with van der Waals surface area (Å²) in [6, 6.07) is 1.89. The first-order valence-corrected chi connectivity index (χ1v) is 9.24. The molecule has 0 saturated carbocycles. The lowest BCUT2D eigenvalue weighted by atomic mass is 10.0. The van der Waals surface area contributed by atoms with Crippen LogP contribution in [0, 0.1) is 5.92 Å². The minimum atomic E-state index is -3.32. The van der Waals surface area contributed by atoms with Gasteiger partial charge < -0.3 is 0 Å². The zero-order valence-electron chi connectivity index (χ0n) is 14.1. The van der Waals surface area contributed by atoms with Gasteiger partial charge >= 0.3 is 0 Å². The highest BCUT2D eigenvalue weighted by Gasteiger charge is 2.32. The molecule has 9 heteroatoms. The normalized spacial score (nSPS) is 19.2. The van der Waals surface area contributed by atoms with E-state index < -0.39 is 10.2 Å². The summed E-state index contributed by atoms with van der Waals surface area (Å²) in [5.74, 6) is 0.275. The first kappa shape index (κ1) is 17.0. The van der Waals surface area contributed by atoms with Gasteiger partial charge in [0, 0.05) is 46.6 Å². The molecule has 3 heterocycles. The standard InChI is InChI=1S/C15H22N6O2S/c1-19(2)24(22,23)21-7-5-12(11-21)8-13-9-17-14(10-16-13)15-4-6-18-20(15)3/h4,6,9-10,12H,5,7-8,11H2,1-3H3. The minimum Gasteiger partial charge on any atom is -0.266 e. The van der Waals surface area contributed by atoms with Gasteiger partial charge in [0.2, 0.25) is 0 Å². The lowest BCUT2D eigenvalue weighted by molar-refractivity contribution is 0.409. The maximum absolute atomic E-state index is 12.2. The topological polar surface area (TPSA) is 84.2 Å². The highest BCUT2D eigenvalue weighted by atomic mass is 32.2. The second-order valence-electron chi connectivity index (χ2n) is 6.24. The Labute approximate surface area is 142 Å². The summed E-state index contributed by atoms with van der Waals surface area (Å²) in [5, 5.41) is 4.13. The molecule has 0 aliphatic carbocycles. The fourth-order valence-electron chi connectivity index (χ4n) is 2.92. The molecule has 24 heavy (non-hydrogen) atoms. The fourth-order valence-corrected chi connectivity index (χ4v) is 4.11. The van der Waals surface area contributed by atoms with Crippen molar-refractivity contribution < 1.29 is 8.42 Å². The van der Waals surface area contributed by atoms with Crippen molar-refractivity contribution >= 4 is 10.2 Å². The zero-order valence-corrected chi connectivity index (χ0v) is 14.9. The van der Waals surface area contributed by atoms with Gasteiger partial charge in [0.25, 0.3) is 10.2 Å². The number of nitrogens with zero attached hydrogens (tertiary/aromatic N) is 6. The van der Waals surface area contributed by atoms with E-state index in [-0.39, 0.29) is 5.92 Å². The lowest BCUT2D eigenvalue weighted by Gasteiger charge is -2.20. The largest absolute Gasteiger partial charge is 0.281 e. The SMILES string of the molecule is CN(C)S(=O)(=O)N1CCC(Cc2cnc(-c3ccnn3C)cn2)C1. The second kappa shape index (κ2) is 6.58. The third-order valence-electron chi connectivity index (χ3n) is 4.32. The van der Waals surface area contributed by atoms with Crippen LogP contribution in [0.25, 0.3) is 11.4 Å². The van der Waals surface area contributed by atoms with E-state index in [1.54, 1.807) is 37.4 Å². The van der Waals surface area contributed by atoms with Crippen molar-refractivity contribution in [3.05, 3.63) is 30.4 Å². The minimum absolute atomic E-state index is 0.275. The van der Waals surface area contributed by atoms with Crippen LogP contribution in [-0.4, -0.2) is 64.0 Å². The van der Waals surface area contributed by atoms with E-state index in [1.165, 1.54) is 8.61 Å². The van der Waals surface area contributed by atoms with E-state index in [1.807, 2.05) is 13.1 Å². The number of aryl methyl sites for hydroxylation is 1. The molecular formula is C15H22N6O2S. The van der Waals surface area contributed by atoms with E-state index in [2.05, 4.69) is 15.1 Å². The van der Waals surface area contributed by atoms with E-state index in [9.17, 15) is 8.42 Å². The molecule has 1 unspecified atom stereocenters. The summed E-state index contributed by atoms with van der Waals surface area (Å²) in [4.78, 5) is 8.94. The summed E-state index contributed by atoms with van der Waals surface area (Å²) in [5.41, 5.74) is 2.58. The van der Waals surface area contributed by atoms with Crippen LogP contribution in [0.15, 0.2) is 24.7 Å². The number of rotatable bonds is 5. The predicted octanol–water partition coefficient (Wildman–Crippen LogP) is 0.548. The molecule has 2 aromatic heterocycles. The molecule has 1 saturated heterocycles. The van der Waals surface area contributed by atoms with Crippen molar-refractivity contribution in [1.82, 2.24) is 28.4 Å². The van der Waals surface area contributed by atoms with Crippen molar-refractivity contribution in [1.29, 1.82) is 0 Å². The molecule has 1 aliphatic rings. The van der Waals surface area contributed by atoms with E-state index in [0.717, 1.165) is 29.9 Å². The molecule has 1 fully saturated rings. The van der Waals surface area contributed by atoms with Gasteiger partial charge in [-0.25, -0.2) is 0 Å². The maximum atomic E-state index is 12.2. The monoisotopic (exact) mass is 350 g/mol. The highest BCUT2D eigenvalue weighted by molar-refractivity contribution is 7.86. The summed E-state index contributed by atoms with van der Waals surface area (Å²) in [6.07, 6.45) is 6.82. The Hall–Kier alpha value is -1.84. The molecule has 0 aromatic carbocycles. The van der Waals surface area contributed by atoms with Crippen molar-refractivity contribution in [3.63, 3.8) is 0 Å². The van der Waals surface area contributed by atoms with Crippen LogP contribution >= 0.6 is 0 Å². The summed E-state index contributed by atoms with van der Waals surface area (Å²) in [7, 11) is 1.66. The van der Waals surface area contributed by atoms with Crippen LogP contribution in [0.1, 0.15) is 12.1 Å². The summed E-state index contributed by atoms with van der Waals surface area (Å²) >= 11 is 0. The van der Waals surface area contributed by atoms with Crippen LogP contribution in [0.5, 0.6) is 0 Å². The Balaban J connectivity index is 1.65. The van der Waals surface area contributed by atoms with Crippen LogP contribution in [-0.2, 0) is 23.7 Å². The Bertz CT molecular complexity index is 800. The van der Waals surface area contributed by atoms with E-state index >= 15 is 0 Å². The zero-order chi connectivity index (χ0) is 17.3. The molecule has 0 spiro atoms. The van der Waals surface area contributed by atoms with Crippen LogP contribution < -0.4 is 0 Å². The van der Waals surface area contributed by atoms with Gasteiger partial charge in [-0.15, -0.1) is 0 Å². The van der Waals surface area contributed by atoms with Gasteiger partial charge in [-0.3, -0.25) is 14.6 Å². The van der Waals surface area contributed by atoms with Crippen LogP contribution in [0.4, 0.5) is 0 Å². The van der Waals surface area contributed by atoms with Gasteiger partial charge in [0.1, 0.15) is 5.69 Å². The molecule has 1 atom stereocenters. The molecule has 2 aromatic rings. The van der Waals surface area contributed by atoms with Gasteiger partial charge in [-0.05, 0) is 24.8 Å². The Morgan fingerprint density at radius 1 is 1.29 bits per heavy atom. The molecular weight excluding hydrogens is 328 g/mol. The smallest absolute Gasteiger partial charge is 0.266 e. The highest BCUT2D eigenvalue weighted by Crippen LogP contribution is 2.23. The summed E-state index contributed by atoms with van der Waals surface area (Å²) < 4.78 is 28.9. The molecule has 0 radical (unpaired) electrons. The number of aromatic nitrogens is 4. The summed E-state index contributed by atoms with van der Waals surface area (Å²) in [6.45, 7) is 1.09. The number of hydrogen-bond acceptors (Lipinski definition) is 5. The molecule has 0 bridgehead atoms. The van der Waals surface area contributed by atoms with Gasteiger partial charge in [0.15, 0.2) is 0 Å². The van der Waals surface area contributed by atoms with Gasteiger partial charge in [-0.2, -0.15) is 22.1 Å². The second-order valence-corrected chi connectivity index (χ2v) is 8.38. The fraction of sp³-hybridized carbons (Fsp3) is 0.533. The number of hydrogen-bond donors (Lipinski definition) is 0. The van der Waals surface area contributed by atoms with Crippen molar-refractivity contribution in [2.75, 3.05) is 27.2 Å². The average Bonchev–Trinajstić information content (AvgIpc) is 3.17. The van der Waals surface area contributed by atoms with Crippen molar-refractivity contribution in [2.24, 2.45) is 13.0 Å². The molecule has 0 N–H and O–H groups in total. The van der Waals surface area contributed by atoms with Gasteiger partial charge in [0.05, 0.1) is 17.6 Å². The van der Waals surface area contributed by atoms with Gasteiger partial charge in [-0.1, -0.05) is 0 Å². The molecule has 3 rings (SSSR count). The molecule has 8 nitrogen and oxygen atoms in total. The van der Waals surface area contributed by atoms with E-state index in [0.29, 0.717) is 13.1 Å². The quantitative estimate of drug-likeness (QED) is 0.786. The van der Waals surface area contributed by atoms with Crippen molar-refractivity contribution in [3.8, 4) is 11.4 Å². The van der Waals surface area contributed by atoms with Crippen LogP contribution in [0.2, 0.25) is 0 Å². The lowest BCUT2D eigenvalue weighted by Crippen LogP contribution is -2.38. The first-order chi connectivity index (χ1) is 11.4. The third-order valence-corrected chi connectivity index (χ3v) is 6.23. The predicted molar refractivity (Wildman–Crippen MR) is 90.2 cm³/mol. The average molecular weight is 350 g/mol. The Kier molecular flexibility index (Phi) is 4.66. The first-order valence-electron chi connectivity index (χ1n) is 7.85. The molecule has 1 aliphatic heterocycles. The third kappa shape index (κ3) is 3.33. The van der Waals surface area contributed by atoms with Crippen LogP contribution in [0.3, 0.4) is 0 Å². The Morgan fingerprint density at radius 2 is 2.08 bits per heavy atom. The maximum Gasteiger partial charge on any atom is 0.281 e.